The predicted molar refractivity (Wildman–Crippen MR) is 56.6 cm³/mol. The van der Waals surface area contributed by atoms with E-state index in [0.29, 0.717) is 6.42 Å². The molecule has 3 heteroatoms. The molecule has 76 valence electrons. The van der Waals surface area contributed by atoms with E-state index in [2.05, 4.69) is 31.4 Å². The zero-order chi connectivity index (χ0) is 10.8. The molecule has 0 aliphatic carbocycles. The number of nitrogens with two attached hydrogens (primary N) is 1. The van der Waals surface area contributed by atoms with Gasteiger partial charge in [-0.3, -0.25) is 0 Å². The van der Waals surface area contributed by atoms with E-state index in [4.69, 9.17) is 11.0 Å². The molecule has 0 spiro atoms. The number of nitriles is 1. The van der Waals surface area contributed by atoms with Gasteiger partial charge >= 0.3 is 0 Å². The van der Waals surface area contributed by atoms with Crippen molar-refractivity contribution in [3.05, 3.63) is 24.0 Å². The van der Waals surface area contributed by atoms with Crippen LogP contribution in [0.4, 0.5) is 0 Å². The molecule has 2 N–H and O–H groups in total. The largest absolute Gasteiger partial charge is 0.345 e. The van der Waals surface area contributed by atoms with Gasteiger partial charge in [-0.05, 0) is 32.9 Å². The Morgan fingerprint density at radius 1 is 1.57 bits per heavy atom. The van der Waals surface area contributed by atoms with Gasteiger partial charge in [-0.15, -0.1) is 0 Å². The van der Waals surface area contributed by atoms with Crippen molar-refractivity contribution >= 4 is 0 Å². The zero-order valence-corrected chi connectivity index (χ0v) is 8.99. The van der Waals surface area contributed by atoms with Crippen molar-refractivity contribution in [1.29, 1.82) is 5.26 Å². The second-order valence-corrected chi connectivity index (χ2v) is 4.44. The van der Waals surface area contributed by atoms with E-state index >= 15 is 0 Å². The minimum Gasteiger partial charge on any atom is -0.345 e. The Kier molecular flexibility index (Phi) is 2.97. The highest BCUT2D eigenvalue weighted by molar-refractivity contribution is 5.15. The Labute approximate surface area is 85.1 Å². The summed E-state index contributed by atoms with van der Waals surface area (Å²) in [5.74, 6) is 0. The van der Waals surface area contributed by atoms with Gasteiger partial charge in [0, 0.05) is 17.4 Å². The maximum atomic E-state index is 8.59. The van der Waals surface area contributed by atoms with Crippen LogP contribution in [0.2, 0.25) is 0 Å². The highest BCUT2D eigenvalue weighted by Crippen LogP contribution is 2.22. The summed E-state index contributed by atoms with van der Waals surface area (Å²) >= 11 is 0. The first kappa shape index (κ1) is 10.8. The Balaban J connectivity index is 3.00. The fourth-order valence-electron chi connectivity index (χ4n) is 1.51. The average molecular weight is 191 g/mol. The first-order valence-electron chi connectivity index (χ1n) is 4.77. The molecule has 1 aromatic heterocycles. The van der Waals surface area contributed by atoms with E-state index in [-0.39, 0.29) is 11.6 Å². The number of aromatic nitrogens is 1. The summed E-state index contributed by atoms with van der Waals surface area (Å²) in [5.41, 5.74) is 6.95. The molecule has 1 rings (SSSR count). The van der Waals surface area contributed by atoms with Crippen molar-refractivity contribution in [2.24, 2.45) is 5.73 Å². The van der Waals surface area contributed by atoms with Gasteiger partial charge in [-0.1, -0.05) is 0 Å². The lowest BCUT2D eigenvalue weighted by Gasteiger charge is -2.26. The molecule has 1 heterocycles. The van der Waals surface area contributed by atoms with Gasteiger partial charge in [0.25, 0.3) is 0 Å². The standard InChI is InChI=1S/C11H17N3/c1-11(2,3)14-8-4-5-10(14)9(13)6-7-12/h4-5,8-9H,6,13H2,1-3H3. The van der Waals surface area contributed by atoms with Crippen LogP contribution in [0.5, 0.6) is 0 Å². The topological polar surface area (TPSA) is 54.7 Å². The third-order valence-corrected chi connectivity index (χ3v) is 2.19. The molecule has 1 aromatic rings. The maximum Gasteiger partial charge on any atom is 0.0642 e. The summed E-state index contributed by atoms with van der Waals surface area (Å²) in [6.45, 7) is 6.36. The van der Waals surface area contributed by atoms with Crippen molar-refractivity contribution in [3.63, 3.8) is 0 Å². The second kappa shape index (κ2) is 3.85. The second-order valence-electron chi connectivity index (χ2n) is 4.44. The van der Waals surface area contributed by atoms with E-state index < -0.39 is 0 Å². The predicted octanol–water partition coefficient (Wildman–Crippen LogP) is 2.16. The summed E-state index contributed by atoms with van der Waals surface area (Å²) in [6, 6.07) is 5.86. The first-order valence-corrected chi connectivity index (χ1v) is 4.77. The number of hydrogen-bond donors (Lipinski definition) is 1. The molecule has 0 fully saturated rings. The number of hydrogen-bond acceptors (Lipinski definition) is 2. The average Bonchev–Trinajstić information content (AvgIpc) is 2.50. The van der Waals surface area contributed by atoms with Gasteiger partial charge in [0.1, 0.15) is 0 Å². The van der Waals surface area contributed by atoms with Crippen LogP contribution in [0.15, 0.2) is 18.3 Å². The maximum absolute atomic E-state index is 8.59. The van der Waals surface area contributed by atoms with Crippen LogP contribution in [-0.2, 0) is 5.54 Å². The molecule has 0 aromatic carbocycles. The fraction of sp³-hybridized carbons (Fsp3) is 0.545. The van der Waals surface area contributed by atoms with Crippen LogP contribution in [0.25, 0.3) is 0 Å². The molecule has 1 unspecified atom stereocenters. The van der Waals surface area contributed by atoms with Crippen molar-refractivity contribution in [3.8, 4) is 6.07 Å². The quantitative estimate of drug-likeness (QED) is 0.778. The Morgan fingerprint density at radius 3 is 2.71 bits per heavy atom. The molecule has 3 nitrogen and oxygen atoms in total. The van der Waals surface area contributed by atoms with Crippen LogP contribution >= 0.6 is 0 Å². The van der Waals surface area contributed by atoms with Gasteiger partial charge in [-0.25, -0.2) is 0 Å². The Morgan fingerprint density at radius 2 is 2.21 bits per heavy atom. The molecule has 1 atom stereocenters. The lowest BCUT2D eigenvalue weighted by Crippen LogP contribution is -2.26. The van der Waals surface area contributed by atoms with Crippen molar-refractivity contribution in [2.75, 3.05) is 0 Å². The third-order valence-electron chi connectivity index (χ3n) is 2.19. The molecule has 0 aliphatic heterocycles. The van der Waals surface area contributed by atoms with Gasteiger partial charge in [0.2, 0.25) is 0 Å². The van der Waals surface area contributed by atoms with Gasteiger partial charge in [0.05, 0.1) is 18.5 Å². The highest BCUT2D eigenvalue weighted by Gasteiger charge is 2.18. The molecule has 0 radical (unpaired) electrons. The van der Waals surface area contributed by atoms with Gasteiger partial charge < -0.3 is 10.3 Å². The van der Waals surface area contributed by atoms with Crippen LogP contribution in [0, 0.1) is 11.3 Å². The highest BCUT2D eigenvalue weighted by atomic mass is 15.1. The van der Waals surface area contributed by atoms with Gasteiger partial charge in [-0.2, -0.15) is 5.26 Å². The molecule has 0 bridgehead atoms. The smallest absolute Gasteiger partial charge is 0.0642 e. The fourth-order valence-corrected chi connectivity index (χ4v) is 1.51. The monoisotopic (exact) mass is 191 g/mol. The zero-order valence-electron chi connectivity index (χ0n) is 8.99. The van der Waals surface area contributed by atoms with E-state index in [0.717, 1.165) is 5.69 Å². The van der Waals surface area contributed by atoms with E-state index in [9.17, 15) is 0 Å². The van der Waals surface area contributed by atoms with Crippen molar-refractivity contribution < 1.29 is 0 Å². The molecular weight excluding hydrogens is 174 g/mol. The van der Waals surface area contributed by atoms with E-state index in [1.807, 2.05) is 18.3 Å². The van der Waals surface area contributed by atoms with Crippen LogP contribution < -0.4 is 5.73 Å². The number of nitrogens with zero attached hydrogens (tertiary/aromatic N) is 2. The summed E-state index contributed by atoms with van der Waals surface area (Å²) in [6.07, 6.45) is 2.37. The summed E-state index contributed by atoms with van der Waals surface area (Å²) in [4.78, 5) is 0. The summed E-state index contributed by atoms with van der Waals surface area (Å²) in [7, 11) is 0. The first-order chi connectivity index (χ1) is 6.46. The van der Waals surface area contributed by atoms with Gasteiger partial charge in [0.15, 0.2) is 0 Å². The van der Waals surface area contributed by atoms with Crippen molar-refractivity contribution in [1.82, 2.24) is 4.57 Å². The Hall–Kier alpha value is -1.27. The molecule has 0 aliphatic rings. The third kappa shape index (κ3) is 2.15. The lowest BCUT2D eigenvalue weighted by atomic mass is 10.1. The molecule has 14 heavy (non-hydrogen) atoms. The summed E-state index contributed by atoms with van der Waals surface area (Å²) in [5, 5.41) is 8.59. The lowest BCUT2D eigenvalue weighted by molar-refractivity contribution is 0.377. The molecule has 0 saturated heterocycles. The van der Waals surface area contributed by atoms with E-state index in [1.165, 1.54) is 0 Å². The molecular formula is C11H17N3. The van der Waals surface area contributed by atoms with Crippen LogP contribution in [-0.4, -0.2) is 4.57 Å². The minimum absolute atomic E-state index is 0.0198. The normalized spacial score (nSPS) is 13.6. The SMILES string of the molecule is CC(C)(C)n1cccc1C(N)CC#N. The minimum atomic E-state index is -0.186. The summed E-state index contributed by atoms with van der Waals surface area (Å²) < 4.78 is 2.12. The molecule has 0 saturated carbocycles. The van der Waals surface area contributed by atoms with Crippen LogP contribution in [0.3, 0.4) is 0 Å². The van der Waals surface area contributed by atoms with Crippen molar-refractivity contribution in [2.45, 2.75) is 38.8 Å². The Bertz CT molecular complexity index is 338. The number of rotatable bonds is 2. The molecule has 0 amide bonds. The van der Waals surface area contributed by atoms with E-state index in [1.54, 1.807) is 0 Å². The van der Waals surface area contributed by atoms with Crippen LogP contribution in [0.1, 0.15) is 38.9 Å².